The fourth-order valence-electron chi connectivity index (χ4n) is 1.52. The van der Waals surface area contributed by atoms with Gasteiger partial charge < -0.3 is 9.84 Å². The second kappa shape index (κ2) is 5.54. The Hall–Kier alpha value is -2.67. The summed E-state index contributed by atoms with van der Waals surface area (Å²) in [6.07, 6.45) is 1.40. The normalized spacial score (nSPS) is 10.1. The molecule has 0 bridgehead atoms. The summed E-state index contributed by atoms with van der Waals surface area (Å²) >= 11 is 5.84. The van der Waals surface area contributed by atoms with Crippen LogP contribution in [0.4, 0.5) is 5.69 Å². The van der Waals surface area contributed by atoms with Crippen LogP contribution in [0.25, 0.3) is 0 Å². The molecule has 0 fully saturated rings. The number of nitrogens with zero attached hydrogens (tertiary/aromatic N) is 2. The third-order valence-corrected chi connectivity index (χ3v) is 2.63. The number of aromatic nitrogens is 1. The van der Waals surface area contributed by atoms with Gasteiger partial charge in [0.05, 0.1) is 4.92 Å². The van der Waals surface area contributed by atoms with Gasteiger partial charge in [-0.15, -0.1) is 0 Å². The fourth-order valence-corrected chi connectivity index (χ4v) is 1.68. The number of carbonyl (C=O) groups is 1. The van der Waals surface area contributed by atoms with Crippen LogP contribution in [0.2, 0.25) is 5.02 Å². The fraction of sp³-hybridized carbons (Fsp3) is 0. The lowest BCUT2D eigenvalue weighted by atomic mass is 10.1. The van der Waals surface area contributed by atoms with Crippen molar-refractivity contribution in [3.8, 4) is 11.6 Å². The summed E-state index contributed by atoms with van der Waals surface area (Å²) in [5.74, 6) is -1.70. The Labute approximate surface area is 117 Å². The number of aromatic carboxylic acids is 1. The molecule has 2 aromatic rings. The molecule has 0 aliphatic carbocycles. The summed E-state index contributed by atoms with van der Waals surface area (Å²) in [5, 5.41) is 20.1. The molecule has 20 heavy (non-hydrogen) atoms. The first-order chi connectivity index (χ1) is 9.50. The van der Waals surface area contributed by atoms with Gasteiger partial charge in [-0.05, 0) is 18.2 Å². The number of ether oxygens (including phenoxy) is 1. The van der Waals surface area contributed by atoms with Crippen LogP contribution in [0.15, 0.2) is 36.5 Å². The Balaban J connectivity index is 2.52. The maximum absolute atomic E-state index is 11.2. The summed E-state index contributed by atoms with van der Waals surface area (Å²) in [7, 11) is 0. The predicted octanol–water partition coefficient (Wildman–Crippen LogP) is 3.13. The van der Waals surface area contributed by atoms with Crippen molar-refractivity contribution in [3.05, 3.63) is 57.2 Å². The lowest BCUT2D eigenvalue weighted by Gasteiger charge is -2.08. The molecule has 0 unspecified atom stereocenters. The van der Waals surface area contributed by atoms with Gasteiger partial charge in [0.1, 0.15) is 5.02 Å². The molecular weight excluding hydrogens is 288 g/mol. The van der Waals surface area contributed by atoms with Gasteiger partial charge in [0, 0.05) is 12.3 Å². The molecule has 0 aliphatic rings. The topological polar surface area (TPSA) is 103 Å². The van der Waals surface area contributed by atoms with Crippen LogP contribution in [0, 0.1) is 10.1 Å². The highest BCUT2D eigenvalue weighted by Crippen LogP contribution is 2.33. The predicted molar refractivity (Wildman–Crippen MR) is 69.4 cm³/mol. The molecule has 1 heterocycles. The highest BCUT2D eigenvalue weighted by atomic mass is 35.5. The maximum atomic E-state index is 11.2. The molecule has 0 atom stereocenters. The molecule has 0 saturated heterocycles. The zero-order valence-corrected chi connectivity index (χ0v) is 10.6. The van der Waals surface area contributed by atoms with E-state index >= 15 is 0 Å². The number of carboxylic acid groups (broad SMARTS) is 1. The van der Waals surface area contributed by atoms with Crippen molar-refractivity contribution in [1.29, 1.82) is 0 Å². The number of halogens is 1. The molecular formula is C12H7ClN2O5. The standard InChI is InChI=1S/C12H7ClN2O5/c13-7-3-2-6-14-11(7)20-9-5-1-4-8(15(18)19)10(9)12(16)17/h1-6H,(H,16,17). The number of hydrogen-bond acceptors (Lipinski definition) is 5. The van der Waals surface area contributed by atoms with Gasteiger partial charge in [0.25, 0.3) is 5.69 Å². The first-order valence-electron chi connectivity index (χ1n) is 5.29. The van der Waals surface area contributed by atoms with E-state index in [-0.39, 0.29) is 16.7 Å². The van der Waals surface area contributed by atoms with E-state index in [0.29, 0.717) is 0 Å². The van der Waals surface area contributed by atoms with Gasteiger partial charge in [-0.2, -0.15) is 0 Å². The number of carboxylic acids is 1. The minimum absolute atomic E-state index is 0.0304. The summed E-state index contributed by atoms with van der Waals surface area (Å²) in [5.41, 5.74) is -1.12. The van der Waals surface area contributed by atoms with Crippen molar-refractivity contribution in [3.63, 3.8) is 0 Å². The molecule has 8 heteroatoms. The van der Waals surface area contributed by atoms with Gasteiger partial charge in [0.2, 0.25) is 5.88 Å². The zero-order valence-electron chi connectivity index (χ0n) is 9.82. The van der Waals surface area contributed by atoms with Crippen molar-refractivity contribution in [1.82, 2.24) is 4.98 Å². The number of rotatable bonds is 4. The molecule has 1 aromatic heterocycles. The van der Waals surface area contributed by atoms with E-state index in [1.54, 1.807) is 6.07 Å². The van der Waals surface area contributed by atoms with Crippen LogP contribution < -0.4 is 4.74 Å². The Morgan fingerprint density at radius 3 is 2.70 bits per heavy atom. The largest absolute Gasteiger partial charge is 0.477 e. The van der Waals surface area contributed by atoms with Crippen LogP contribution in [0.1, 0.15) is 10.4 Å². The van der Waals surface area contributed by atoms with Gasteiger partial charge in [-0.25, -0.2) is 9.78 Å². The summed E-state index contributed by atoms with van der Waals surface area (Å²) in [4.78, 5) is 25.1. The molecule has 102 valence electrons. The Morgan fingerprint density at radius 1 is 1.35 bits per heavy atom. The monoisotopic (exact) mass is 294 g/mol. The average molecular weight is 295 g/mol. The van der Waals surface area contributed by atoms with Crippen LogP contribution >= 0.6 is 11.6 Å². The number of pyridine rings is 1. The van der Waals surface area contributed by atoms with E-state index in [9.17, 15) is 14.9 Å². The average Bonchev–Trinajstić information content (AvgIpc) is 2.40. The van der Waals surface area contributed by atoms with E-state index in [1.165, 1.54) is 24.4 Å². The Kier molecular flexibility index (Phi) is 3.81. The minimum Gasteiger partial charge on any atom is -0.477 e. The van der Waals surface area contributed by atoms with E-state index in [2.05, 4.69) is 4.98 Å². The molecule has 1 N–H and O–H groups in total. The molecule has 0 amide bonds. The number of benzene rings is 1. The number of nitro benzene ring substituents is 1. The molecule has 2 rings (SSSR count). The highest BCUT2D eigenvalue weighted by Gasteiger charge is 2.25. The van der Waals surface area contributed by atoms with E-state index in [1.807, 2.05) is 0 Å². The molecule has 1 aromatic carbocycles. The van der Waals surface area contributed by atoms with Crippen LogP contribution in [-0.2, 0) is 0 Å². The number of hydrogen-bond donors (Lipinski definition) is 1. The summed E-state index contributed by atoms with van der Waals surface area (Å²) in [6.45, 7) is 0. The summed E-state index contributed by atoms with van der Waals surface area (Å²) in [6, 6.07) is 6.76. The number of nitro groups is 1. The van der Waals surface area contributed by atoms with Crippen LogP contribution in [0.5, 0.6) is 11.6 Å². The third kappa shape index (κ3) is 2.67. The smallest absolute Gasteiger partial charge is 0.346 e. The van der Waals surface area contributed by atoms with Crippen LogP contribution in [0.3, 0.4) is 0 Å². The second-order valence-electron chi connectivity index (χ2n) is 3.60. The molecule has 0 saturated carbocycles. The molecule has 0 spiro atoms. The van der Waals surface area contributed by atoms with E-state index < -0.39 is 22.1 Å². The highest BCUT2D eigenvalue weighted by molar-refractivity contribution is 6.31. The maximum Gasteiger partial charge on any atom is 0.346 e. The van der Waals surface area contributed by atoms with Gasteiger partial charge in [-0.3, -0.25) is 10.1 Å². The first-order valence-corrected chi connectivity index (χ1v) is 5.67. The van der Waals surface area contributed by atoms with Crippen LogP contribution in [-0.4, -0.2) is 21.0 Å². The Bertz CT molecular complexity index is 689. The second-order valence-corrected chi connectivity index (χ2v) is 4.01. The van der Waals surface area contributed by atoms with Crippen molar-refractivity contribution in [2.24, 2.45) is 0 Å². The van der Waals surface area contributed by atoms with E-state index in [4.69, 9.17) is 21.4 Å². The van der Waals surface area contributed by atoms with Crippen molar-refractivity contribution < 1.29 is 19.6 Å². The third-order valence-electron chi connectivity index (χ3n) is 2.35. The molecule has 7 nitrogen and oxygen atoms in total. The van der Waals surface area contributed by atoms with Gasteiger partial charge in [-0.1, -0.05) is 17.7 Å². The van der Waals surface area contributed by atoms with E-state index in [0.717, 1.165) is 6.07 Å². The van der Waals surface area contributed by atoms with Gasteiger partial charge in [0.15, 0.2) is 11.3 Å². The first kappa shape index (κ1) is 13.8. The minimum atomic E-state index is -1.47. The SMILES string of the molecule is O=C(O)c1c(Oc2ncccc2Cl)cccc1[N+](=O)[O-]. The lowest BCUT2D eigenvalue weighted by Crippen LogP contribution is -2.05. The molecule has 0 aliphatic heterocycles. The van der Waals surface area contributed by atoms with Crippen molar-refractivity contribution >= 4 is 23.3 Å². The Morgan fingerprint density at radius 2 is 2.10 bits per heavy atom. The quantitative estimate of drug-likeness (QED) is 0.686. The van der Waals surface area contributed by atoms with Gasteiger partial charge >= 0.3 is 5.97 Å². The van der Waals surface area contributed by atoms with Crippen molar-refractivity contribution in [2.75, 3.05) is 0 Å². The zero-order chi connectivity index (χ0) is 14.7. The summed E-state index contributed by atoms with van der Waals surface area (Å²) < 4.78 is 5.26. The lowest BCUT2D eigenvalue weighted by molar-refractivity contribution is -0.385. The van der Waals surface area contributed by atoms with Crippen molar-refractivity contribution in [2.45, 2.75) is 0 Å². The molecule has 0 radical (unpaired) electrons.